The number of hydrogen-bond acceptors (Lipinski definition) is 10. The Labute approximate surface area is 277 Å². The standard InChI is InChI=1S/C32H55N7O6S/c1-8-12-27(40)45-20-39(32(44)28(21(3)9-2)36-31(43)25-13-10-11-18-38(25)7)23(5)14-15-26-35-24(19-46-26)30(42)34-17-16-22(4)29(41)37-33-6/h19,21-23,25,28,33H,8-18,20H2,1-7H3,(H,34,42)(H,36,43)(H,37,41)/t21?,22-,23-,25+,28-/m0/s1. The summed E-state index contributed by atoms with van der Waals surface area (Å²) in [7, 11) is 3.55. The Bertz CT molecular complexity index is 1150. The normalized spacial score (nSPS) is 17.7. The molecule has 1 aromatic rings. The third-order valence-corrected chi connectivity index (χ3v) is 9.51. The number of likely N-dealkylation sites (tertiary alicyclic amines) is 1. The van der Waals surface area contributed by atoms with E-state index in [1.54, 1.807) is 24.3 Å². The van der Waals surface area contributed by atoms with Crippen LogP contribution in [0.15, 0.2) is 5.38 Å². The van der Waals surface area contributed by atoms with Crippen LogP contribution in [0.3, 0.4) is 0 Å². The van der Waals surface area contributed by atoms with Gasteiger partial charge in [0.15, 0.2) is 6.73 Å². The molecule has 0 aromatic carbocycles. The van der Waals surface area contributed by atoms with E-state index in [9.17, 15) is 24.0 Å². The number of thiazole rings is 1. The zero-order valence-corrected chi connectivity index (χ0v) is 29.5. The average molecular weight is 666 g/mol. The molecule has 1 saturated heterocycles. The first-order chi connectivity index (χ1) is 21.9. The summed E-state index contributed by atoms with van der Waals surface area (Å²) in [6.07, 6.45) is 5.82. The van der Waals surface area contributed by atoms with Gasteiger partial charge in [-0.05, 0) is 58.5 Å². The number of carbonyl (C=O) groups excluding carboxylic acids is 5. The fourth-order valence-corrected chi connectivity index (χ4v) is 6.03. The Hall–Kier alpha value is -3.10. The van der Waals surface area contributed by atoms with Gasteiger partial charge in [-0.3, -0.25) is 34.3 Å². The van der Waals surface area contributed by atoms with Gasteiger partial charge in [0.25, 0.3) is 5.91 Å². The molecule has 1 aliphatic heterocycles. The number of piperidine rings is 1. The van der Waals surface area contributed by atoms with Crippen molar-refractivity contribution in [1.29, 1.82) is 0 Å². The van der Waals surface area contributed by atoms with Crippen molar-refractivity contribution in [2.75, 3.05) is 33.9 Å². The minimum absolute atomic E-state index is 0.132. The molecule has 0 spiro atoms. The molecule has 260 valence electrons. The predicted molar refractivity (Wildman–Crippen MR) is 178 cm³/mol. The minimum Gasteiger partial charge on any atom is -0.444 e. The second-order valence-corrected chi connectivity index (χ2v) is 13.2. The van der Waals surface area contributed by atoms with Crippen molar-refractivity contribution in [3.05, 3.63) is 16.1 Å². The SMILES string of the molecule is CCCC(=O)OCN(C(=O)[C@@H](NC(=O)[C@H]1CCCCN1C)C(C)CC)[C@@H](C)CCc1nc(C(=O)NCC[C@H](C)C(=O)NNC)cs1. The number of nitrogens with zero attached hydrogens (tertiary/aromatic N) is 3. The Morgan fingerprint density at radius 3 is 2.52 bits per heavy atom. The highest BCUT2D eigenvalue weighted by Crippen LogP contribution is 2.20. The summed E-state index contributed by atoms with van der Waals surface area (Å²) in [6.45, 7) is 10.5. The molecule has 1 aromatic heterocycles. The van der Waals surface area contributed by atoms with E-state index in [-0.39, 0.29) is 66.7 Å². The molecule has 1 fully saturated rings. The highest BCUT2D eigenvalue weighted by atomic mass is 32.1. The zero-order valence-electron chi connectivity index (χ0n) is 28.6. The second-order valence-electron chi connectivity index (χ2n) is 12.3. The summed E-state index contributed by atoms with van der Waals surface area (Å²) in [5, 5.41) is 8.29. The van der Waals surface area contributed by atoms with Crippen LogP contribution in [0.5, 0.6) is 0 Å². The number of amides is 4. The number of likely N-dealkylation sites (N-methyl/N-ethyl adjacent to an activating group) is 1. The van der Waals surface area contributed by atoms with Crippen LogP contribution in [0.25, 0.3) is 0 Å². The Morgan fingerprint density at radius 2 is 1.87 bits per heavy atom. The maximum atomic E-state index is 14.1. The number of aromatic nitrogens is 1. The lowest BCUT2D eigenvalue weighted by Gasteiger charge is -2.36. The highest BCUT2D eigenvalue weighted by Gasteiger charge is 2.35. The van der Waals surface area contributed by atoms with Crippen molar-refractivity contribution in [2.45, 2.75) is 111 Å². The van der Waals surface area contributed by atoms with E-state index in [1.165, 1.54) is 11.3 Å². The minimum atomic E-state index is -0.762. The number of hydrogen-bond donors (Lipinski definition) is 4. The summed E-state index contributed by atoms with van der Waals surface area (Å²) < 4.78 is 5.51. The first-order valence-corrected chi connectivity index (χ1v) is 17.5. The first kappa shape index (κ1) is 39.1. The van der Waals surface area contributed by atoms with E-state index in [0.29, 0.717) is 44.3 Å². The Kier molecular flexibility index (Phi) is 17.2. The van der Waals surface area contributed by atoms with Crippen LogP contribution in [-0.4, -0.2) is 96.4 Å². The summed E-state index contributed by atoms with van der Waals surface area (Å²) in [6, 6.07) is -1.38. The van der Waals surface area contributed by atoms with E-state index in [2.05, 4.69) is 26.5 Å². The van der Waals surface area contributed by atoms with Gasteiger partial charge < -0.3 is 20.3 Å². The van der Waals surface area contributed by atoms with E-state index in [0.717, 1.165) is 30.8 Å². The van der Waals surface area contributed by atoms with Gasteiger partial charge in [-0.1, -0.05) is 40.5 Å². The number of esters is 1. The number of hydrazine groups is 1. The van der Waals surface area contributed by atoms with Gasteiger partial charge >= 0.3 is 5.97 Å². The van der Waals surface area contributed by atoms with Crippen LogP contribution >= 0.6 is 11.3 Å². The lowest BCUT2D eigenvalue weighted by molar-refractivity contribution is -0.157. The van der Waals surface area contributed by atoms with Crippen LogP contribution in [0.2, 0.25) is 0 Å². The number of carbonyl (C=O) groups is 5. The van der Waals surface area contributed by atoms with E-state index in [4.69, 9.17) is 4.74 Å². The molecule has 0 saturated carbocycles. The van der Waals surface area contributed by atoms with Crippen LogP contribution in [0, 0.1) is 11.8 Å². The lowest BCUT2D eigenvalue weighted by Crippen LogP contribution is -2.58. The van der Waals surface area contributed by atoms with Crippen molar-refractivity contribution >= 4 is 40.9 Å². The van der Waals surface area contributed by atoms with Gasteiger partial charge in [0, 0.05) is 43.8 Å². The molecule has 2 rings (SSSR count). The maximum Gasteiger partial charge on any atom is 0.307 e. The van der Waals surface area contributed by atoms with Crippen molar-refractivity contribution < 1.29 is 28.7 Å². The average Bonchev–Trinajstić information content (AvgIpc) is 3.51. The van der Waals surface area contributed by atoms with Gasteiger partial charge in [-0.2, -0.15) is 0 Å². The fourth-order valence-electron chi connectivity index (χ4n) is 5.23. The van der Waals surface area contributed by atoms with Crippen molar-refractivity contribution in [3.8, 4) is 0 Å². The second kappa shape index (κ2) is 20.2. The Balaban J connectivity index is 2.09. The summed E-state index contributed by atoms with van der Waals surface area (Å²) in [5.74, 6) is -1.68. The molecule has 0 aliphatic carbocycles. The van der Waals surface area contributed by atoms with Crippen molar-refractivity contribution in [3.63, 3.8) is 0 Å². The van der Waals surface area contributed by atoms with Crippen LogP contribution in [0.1, 0.15) is 101 Å². The van der Waals surface area contributed by atoms with Gasteiger partial charge in [-0.15, -0.1) is 11.3 Å². The molecule has 1 unspecified atom stereocenters. The van der Waals surface area contributed by atoms with E-state index < -0.39 is 6.04 Å². The molecule has 14 heteroatoms. The topological polar surface area (TPSA) is 162 Å². The van der Waals surface area contributed by atoms with Crippen molar-refractivity contribution in [1.82, 2.24) is 36.3 Å². The molecule has 0 radical (unpaired) electrons. The van der Waals surface area contributed by atoms with Crippen LogP contribution < -0.4 is 21.5 Å². The summed E-state index contributed by atoms with van der Waals surface area (Å²) in [4.78, 5) is 72.3. The summed E-state index contributed by atoms with van der Waals surface area (Å²) >= 11 is 1.36. The third-order valence-electron chi connectivity index (χ3n) is 8.60. The fraction of sp³-hybridized carbons (Fsp3) is 0.750. The molecule has 46 heavy (non-hydrogen) atoms. The largest absolute Gasteiger partial charge is 0.444 e. The molecular formula is C32H55N7O6S. The first-order valence-electron chi connectivity index (χ1n) is 16.6. The number of ether oxygens (including phenoxy) is 1. The van der Waals surface area contributed by atoms with Gasteiger partial charge in [0.1, 0.15) is 11.7 Å². The molecule has 5 atom stereocenters. The number of nitrogens with one attached hydrogen (secondary N) is 4. The van der Waals surface area contributed by atoms with Gasteiger partial charge in [-0.25, -0.2) is 10.4 Å². The monoisotopic (exact) mass is 665 g/mol. The quantitative estimate of drug-likeness (QED) is 0.0989. The van der Waals surface area contributed by atoms with Gasteiger partial charge in [0.05, 0.1) is 11.0 Å². The molecule has 4 N–H and O–H groups in total. The van der Waals surface area contributed by atoms with Gasteiger partial charge in [0.2, 0.25) is 17.7 Å². The van der Waals surface area contributed by atoms with Crippen LogP contribution in [0.4, 0.5) is 0 Å². The molecular weight excluding hydrogens is 610 g/mol. The molecule has 4 amide bonds. The lowest BCUT2D eigenvalue weighted by atomic mass is 9.95. The summed E-state index contributed by atoms with van der Waals surface area (Å²) in [5.41, 5.74) is 5.43. The maximum absolute atomic E-state index is 14.1. The molecule has 1 aliphatic rings. The smallest absolute Gasteiger partial charge is 0.307 e. The van der Waals surface area contributed by atoms with Crippen molar-refractivity contribution in [2.24, 2.45) is 11.8 Å². The third kappa shape index (κ3) is 12.3. The predicted octanol–water partition coefficient (Wildman–Crippen LogP) is 2.62. The zero-order chi connectivity index (χ0) is 34.2. The van der Waals surface area contributed by atoms with Crippen LogP contribution in [-0.2, 0) is 30.3 Å². The molecule has 13 nitrogen and oxygen atoms in total. The van der Waals surface area contributed by atoms with E-state index in [1.807, 2.05) is 39.6 Å². The Morgan fingerprint density at radius 1 is 1.13 bits per heavy atom. The van der Waals surface area contributed by atoms with E-state index >= 15 is 0 Å². The molecule has 2 heterocycles. The number of rotatable bonds is 19. The molecule has 0 bridgehead atoms. The number of aryl methyl sites for hydroxylation is 1. The highest BCUT2D eigenvalue weighted by molar-refractivity contribution is 7.09.